The van der Waals surface area contributed by atoms with Crippen LogP contribution in [0.1, 0.15) is 31.2 Å². The number of unbranched alkanes of at least 4 members (excludes halogenated alkanes) is 1. The Morgan fingerprint density at radius 3 is 2.56 bits per heavy atom. The van der Waals surface area contributed by atoms with Crippen LogP contribution in [0.25, 0.3) is 28.3 Å². The molecule has 0 aliphatic rings. The van der Waals surface area contributed by atoms with Gasteiger partial charge < -0.3 is 4.57 Å². The predicted molar refractivity (Wildman–Crippen MR) is 130 cm³/mol. The van der Waals surface area contributed by atoms with E-state index in [0.717, 1.165) is 53.2 Å². The largest absolute Gasteiger partial charge is 0.337 e. The number of aromatic nitrogens is 8. The van der Waals surface area contributed by atoms with Crippen LogP contribution in [0.15, 0.2) is 71.9 Å². The van der Waals surface area contributed by atoms with Crippen LogP contribution in [0, 0.1) is 0 Å². The molecule has 0 amide bonds. The average molecular weight is 455 g/mol. The van der Waals surface area contributed by atoms with Crippen molar-refractivity contribution in [3.8, 4) is 28.3 Å². The smallest absolute Gasteiger partial charge is 0.334 e. The quantitative estimate of drug-likeness (QED) is 0.386. The standard InChI is InChI=1S/C25H26N8O/c1-3-4-8-20-17-33(23-11-7-14-31(23)2)25(34)32(20)16-19-13-12-18(15-26-19)21-9-5-6-10-22(21)24-27-29-30-28-24/h5-7,9-15,17H,3-4,8,16H2,1-2H3,(H,27,28,29,30). The summed E-state index contributed by atoms with van der Waals surface area (Å²) in [7, 11) is 1.94. The summed E-state index contributed by atoms with van der Waals surface area (Å²) in [6.07, 6.45) is 8.68. The van der Waals surface area contributed by atoms with E-state index in [1.165, 1.54) is 0 Å². The lowest BCUT2D eigenvalue weighted by molar-refractivity contribution is 0.661. The number of H-pyrrole nitrogens is 1. The third kappa shape index (κ3) is 4.07. The van der Waals surface area contributed by atoms with Gasteiger partial charge in [0.1, 0.15) is 5.82 Å². The zero-order valence-electron chi connectivity index (χ0n) is 19.2. The van der Waals surface area contributed by atoms with Gasteiger partial charge in [-0.2, -0.15) is 0 Å². The SMILES string of the molecule is CCCCc1cn(-c2cccn2C)c(=O)n1Cc1ccc(-c2ccccc2-c2nnn[nH]2)cn1. The van der Waals surface area contributed by atoms with Crippen LogP contribution < -0.4 is 5.69 Å². The van der Waals surface area contributed by atoms with Crippen molar-refractivity contribution in [3.05, 3.63) is 89.0 Å². The van der Waals surface area contributed by atoms with Crippen molar-refractivity contribution in [1.82, 2.24) is 39.3 Å². The number of nitrogens with one attached hydrogen (secondary N) is 1. The van der Waals surface area contributed by atoms with Gasteiger partial charge in [-0.25, -0.2) is 9.89 Å². The first-order chi connectivity index (χ1) is 16.7. The highest BCUT2D eigenvalue weighted by atomic mass is 16.1. The van der Waals surface area contributed by atoms with Gasteiger partial charge in [0, 0.05) is 42.5 Å². The molecule has 0 saturated carbocycles. The summed E-state index contributed by atoms with van der Waals surface area (Å²) in [5.74, 6) is 1.46. The molecule has 0 aliphatic heterocycles. The highest BCUT2D eigenvalue weighted by molar-refractivity contribution is 5.79. The fourth-order valence-electron chi connectivity index (χ4n) is 4.17. The maximum atomic E-state index is 13.3. The molecule has 0 spiro atoms. The van der Waals surface area contributed by atoms with Gasteiger partial charge in [-0.05, 0) is 47.0 Å². The minimum Gasteiger partial charge on any atom is -0.337 e. The van der Waals surface area contributed by atoms with Crippen molar-refractivity contribution in [2.75, 3.05) is 0 Å². The van der Waals surface area contributed by atoms with E-state index in [4.69, 9.17) is 0 Å². The van der Waals surface area contributed by atoms with E-state index >= 15 is 0 Å². The second-order valence-corrected chi connectivity index (χ2v) is 8.27. The number of aromatic amines is 1. The van der Waals surface area contributed by atoms with Crippen LogP contribution in [-0.2, 0) is 20.0 Å². The molecular formula is C25H26N8O. The van der Waals surface area contributed by atoms with Crippen LogP contribution in [0.3, 0.4) is 0 Å². The van der Waals surface area contributed by atoms with Crippen molar-refractivity contribution in [1.29, 1.82) is 0 Å². The molecule has 4 aromatic heterocycles. The first-order valence-corrected chi connectivity index (χ1v) is 11.4. The Bertz CT molecular complexity index is 1440. The molecule has 34 heavy (non-hydrogen) atoms. The Kier molecular flexibility index (Phi) is 5.90. The van der Waals surface area contributed by atoms with E-state index in [1.54, 1.807) is 4.57 Å². The predicted octanol–water partition coefficient (Wildman–Crippen LogP) is 3.61. The lowest BCUT2D eigenvalue weighted by atomic mass is 10.0. The Labute approximate surface area is 196 Å². The number of pyridine rings is 1. The molecule has 9 nitrogen and oxygen atoms in total. The summed E-state index contributed by atoms with van der Waals surface area (Å²) in [4.78, 5) is 18.0. The van der Waals surface area contributed by atoms with Crippen LogP contribution in [0.2, 0.25) is 0 Å². The molecule has 5 aromatic rings. The van der Waals surface area contributed by atoms with E-state index in [2.05, 4.69) is 32.5 Å². The number of nitrogens with zero attached hydrogens (tertiary/aromatic N) is 7. The van der Waals surface area contributed by atoms with Crippen LogP contribution in [0.5, 0.6) is 0 Å². The van der Waals surface area contributed by atoms with Gasteiger partial charge in [-0.1, -0.05) is 43.7 Å². The Morgan fingerprint density at radius 2 is 1.88 bits per heavy atom. The molecule has 0 saturated heterocycles. The number of aryl methyl sites for hydroxylation is 2. The van der Waals surface area contributed by atoms with E-state index in [1.807, 2.05) is 83.3 Å². The summed E-state index contributed by atoms with van der Waals surface area (Å²) < 4.78 is 5.50. The lowest BCUT2D eigenvalue weighted by Crippen LogP contribution is -2.26. The van der Waals surface area contributed by atoms with Crippen LogP contribution in [0.4, 0.5) is 0 Å². The molecule has 0 aliphatic carbocycles. The third-order valence-corrected chi connectivity index (χ3v) is 5.99. The van der Waals surface area contributed by atoms with Gasteiger partial charge in [0.05, 0.1) is 12.2 Å². The summed E-state index contributed by atoms with van der Waals surface area (Å²) in [6, 6.07) is 15.8. The number of benzene rings is 1. The van der Waals surface area contributed by atoms with Gasteiger partial charge in [-0.3, -0.25) is 14.1 Å². The summed E-state index contributed by atoms with van der Waals surface area (Å²) in [6.45, 7) is 2.58. The molecule has 0 unspecified atom stereocenters. The topological polar surface area (TPSA) is 99.2 Å². The lowest BCUT2D eigenvalue weighted by Gasteiger charge is -2.09. The molecular weight excluding hydrogens is 428 g/mol. The van der Waals surface area contributed by atoms with E-state index in [9.17, 15) is 4.79 Å². The molecule has 5 rings (SSSR count). The fraction of sp³-hybridized carbons (Fsp3) is 0.240. The average Bonchev–Trinajstić information content (AvgIpc) is 3.61. The van der Waals surface area contributed by atoms with Crippen LogP contribution in [-0.4, -0.2) is 39.3 Å². The number of rotatable bonds is 8. The van der Waals surface area contributed by atoms with Crippen LogP contribution >= 0.6 is 0 Å². The monoisotopic (exact) mass is 454 g/mol. The summed E-state index contributed by atoms with van der Waals surface area (Å²) >= 11 is 0. The Morgan fingerprint density at radius 1 is 1.03 bits per heavy atom. The normalized spacial score (nSPS) is 11.2. The van der Waals surface area contributed by atoms with Crippen molar-refractivity contribution in [3.63, 3.8) is 0 Å². The zero-order chi connectivity index (χ0) is 23.5. The molecule has 0 fully saturated rings. The minimum absolute atomic E-state index is 0.0538. The van der Waals surface area contributed by atoms with E-state index in [-0.39, 0.29) is 5.69 Å². The van der Waals surface area contributed by atoms with Gasteiger partial charge >= 0.3 is 5.69 Å². The van der Waals surface area contributed by atoms with Gasteiger partial charge in [-0.15, -0.1) is 5.10 Å². The molecule has 0 radical (unpaired) electrons. The summed E-state index contributed by atoms with van der Waals surface area (Å²) in [5, 5.41) is 14.2. The maximum absolute atomic E-state index is 13.3. The van der Waals surface area contributed by atoms with Gasteiger partial charge in [0.25, 0.3) is 0 Å². The second-order valence-electron chi connectivity index (χ2n) is 8.27. The summed E-state index contributed by atoms with van der Waals surface area (Å²) in [5.41, 5.74) is 4.63. The third-order valence-electron chi connectivity index (χ3n) is 5.99. The van der Waals surface area contributed by atoms with Gasteiger partial charge in [0.15, 0.2) is 5.82 Å². The second kappa shape index (κ2) is 9.30. The maximum Gasteiger partial charge on any atom is 0.334 e. The molecule has 0 bridgehead atoms. The minimum atomic E-state index is -0.0538. The number of tetrazole rings is 1. The highest BCUT2D eigenvalue weighted by Gasteiger charge is 2.15. The Balaban J connectivity index is 1.47. The van der Waals surface area contributed by atoms with E-state index < -0.39 is 0 Å². The molecule has 0 atom stereocenters. The number of hydrogen-bond acceptors (Lipinski definition) is 5. The Hall–Kier alpha value is -4.27. The van der Waals surface area contributed by atoms with Crippen molar-refractivity contribution < 1.29 is 0 Å². The molecule has 1 aromatic carbocycles. The first kappa shape index (κ1) is 21.6. The van der Waals surface area contributed by atoms with E-state index in [0.29, 0.717) is 12.4 Å². The zero-order valence-corrected chi connectivity index (χ0v) is 19.2. The molecule has 4 heterocycles. The first-order valence-electron chi connectivity index (χ1n) is 11.4. The van der Waals surface area contributed by atoms with Crippen molar-refractivity contribution >= 4 is 0 Å². The number of hydrogen-bond donors (Lipinski definition) is 1. The van der Waals surface area contributed by atoms with Crippen molar-refractivity contribution in [2.45, 2.75) is 32.7 Å². The van der Waals surface area contributed by atoms with Gasteiger partial charge in [0.2, 0.25) is 0 Å². The fourth-order valence-corrected chi connectivity index (χ4v) is 4.17. The number of imidazole rings is 1. The molecule has 9 heteroatoms. The van der Waals surface area contributed by atoms with Crippen molar-refractivity contribution in [2.24, 2.45) is 7.05 Å². The highest BCUT2D eigenvalue weighted by Crippen LogP contribution is 2.29. The molecule has 172 valence electrons. The molecule has 1 N–H and O–H groups in total.